The van der Waals surface area contributed by atoms with Gasteiger partial charge in [-0.3, -0.25) is 4.99 Å². The van der Waals surface area contributed by atoms with Crippen molar-refractivity contribution >= 4 is 36.0 Å². The molecule has 8 heteroatoms. The lowest BCUT2D eigenvalue weighted by Crippen LogP contribution is -2.54. The van der Waals surface area contributed by atoms with Crippen molar-refractivity contribution in [1.82, 2.24) is 20.0 Å². The Morgan fingerprint density at radius 2 is 1.63 bits per heavy atom. The summed E-state index contributed by atoms with van der Waals surface area (Å²) < 4.78 is 5.07. The Morgan fingerprint density at radius 1 is 0.963 bits per heavy atom. The molecule has 2 aliphatic heterocycles. The summed E-state index contributed by atoms with van der Waals surface area (Å²) in [7, 11) is 1.83. The zero-order valence-corrected chi connectivity index (χ0v) is 19.5. The van der Waals surface area contributed by atoms with Crippen LogP contribution in [0.15, 0.2) is 4.99 Å². The summed E-state index contributed by atoms with van der Waals surface area (Å²) in [4.78, 5) is 22.8. The monoisotopic (exact) mass is 495 g/mol. The van der Waals surface area contributed by atoms with Crippen LogP contribution in [0.5, 0.6) is 0 Å². The number of aliphatic imine (C=N–C) groups is 1. The Hall–Kier alpha value is -0.770. The van der Waals surface area contributed by atoms with Crippen LogP contribution in [-0.4, -0.2) is 92.8 Å². The minimum Gasteiger partial charge on any atom is -0.450 e. The molecule has 2 heterocycles. The Labute approximate surface area is 181 Å². The summed E-state index contributed by atoms with van der Waals surface area (Å²) in [5, 5.41) is 3.47. The number of piperidine rings is 1. The van der Waals surface area contributed by atoms with Gasteiger partial charge in [0.15, 0.2) is 5.96 Å². The molecular formula is C19H38IN5O2. The normalized spacial score (nSPS) is 18.8. The molecule has 0 saturated carbocycles. The molecule has 0 aliphatic carbocycles. The van der Waals surface area contributed by atoms with E-state index < -0.39 is 0 Å². The maximum absolute atomic E-state index is 11.8. The van der Waals surface area contributed by atoms with Gasteiger partial charge >= 0.3 is 6.09 Å². The number of carbonyl (C=O) groups is 1. The lowest BCUT2D eigenvalue weighted by Gasteiger charge is -2.35. The first-order valence-electron chi connectivity index (χ1n) is 10.3. The van der Waals surface area contributed by atoms with Crippen LogP contribution in [0.4, 0.5) is 4.79 Å². The molecule has 0 aromatic carbocycles. The van der Waals surface area contributed by atoms with E-state index in [0.29, 0.717) is 19.7 Å². The number of likely N-dealkylation sites (tertiary alicyclic amines) is 1. The number of hydrogen-bond donors (Lipinski definition) is 1. The average Bonchev–Trinajstić information content (AvgIpc) is 2.69. The van der Waals surface area contributed by atoms with Crippen molar-refractivity contribution in [1.29, 1.82) is 0 Å². The van der Waals surface area contributed by atoms with E-state index in [1.165, 1.54) is 58.2 Å². The number of rotatable bonds is 7. The smallest absolute Gasteiger partial charge is 0.409 e. The predicted molar refractivity (Wildman–Crippen MR) is 121 cm³/mol. The number of carbonyl (C=O) groups excluding carboxylic acids is 1. The van der Waals surface area contributed by atoms with Crippen molar-refractivity contribution in [2.45, 2.75) is 45.4 Å². The van der Waals surface area contributed by atoms with E-state index in [1.54, 1.807) is 4.90 Å². The van der Waals surface area contributed by atoms with Crippen molar-refractivity contribution < 1.29 is 9.53 Å². The van der Waals surface area contributed by atoms with Crippen LogP contribution in [-0.2, 0) is 4.74 Å². The SMILES string of the molecule is CCOC(=O)N1CCN(C(=NC)NCCCCCN2CCCCC2)CC1.I. The fourth-order valence-electron chi connectivity index (χ4n) is 3.67. The van der Waals surface area contributed by atoms with Gasteiger partial charge in [0.25, 0.3) is 0 Å². The summed E-state index contributed by atoms with van der Waals surface area (Å²) in [6.07, 6.45) is 7.69. The predicted octanol–water partition coefficient (Wildman–Crippen LogP) is 2.61. The Balaban J connectivity index is 0.00000364. The summed E-state index contributed by atoms with van der Waals surface area (Å²) in [6.45, 7) is 10.1. The zero-order chi connectivity index (χ0) is 18.6. The number of ether oxygens (including phenoxy) is 1. The van der Waals surface area contributed by atoms with Gasteiger partial charge in [-0.05, 0) is 52.2 Å². The van der Waals surface area contributed by atoms with Crippen molar-refractivity contribution in [3.05, 3.63) is 0 Å². The fraction of sp³-hybridized carbons (Fsp3) is 0.895. The van der Waals surface area contributed by atoms with Crippen LogP contribution >= 0.6 is 24.0 Å². The number of guanidine groups is 1. The largest absolute Gasteiger partial charge is 0.450 e. The molecule has 0 aromatic heterocycles. The molecule has 0 bridgehead atoms. The van der Waals surface area contributed by atoms with E-state index in [2.05, 4.69) is 20.1 Å². The highest BCUT2D eigenvalue weighted by Gasteiger charge is 2.23. The fourth-order valence-corrected chi connectivity index (χ4v) is 3.67. The van der Waals surface area contributed by atoms with Crippen LogP contribution in [0.2, 0.25) is 0 Å². The zero-order valence-electron chi connectivity index (χ0n) is 17.1. The molecule has 0 spiro atoms. The topological polar surface area (TPSA) is 60.4 Å². The van der Waals surface area contributed by atoms with Crippen LogP contribution in [0.1, 0.15) is 45.4 Å². The minimum atomic E-state index is -0.205. The van der Waals surface area contributed by atoms with Gasteiger partial charge < -0.3 is 24.8 Å². The highest BCUT2D eigenvalue weighted by molar-refractivity contribution is 14.0. The summed E-state index contributed by atoms with van der Waals surface area (Å²) >= 11 is 0. The van der Waals surface area contributed by atoms with Crippen molar-refractivity contribution in [2.24, 2.45) is 4.99 Å². The number of nitrogens with one attached hydrogen (secondary N) is 1. The van der Waals surface area contributed by atoms with E-state index in [4.69, 9.17) is 4.74 Å². The highest BCUT2D eigenvalue weighted by atomic mass is 127. The molecule has 7 nitrogen and oxygen atoms in total. The number of hydrogen-bond acceptors (Lipinski definition) is 4. The molecule has 2 saturated heterocycles. The Bertz CT molecular complexity index is 436. The quantitative estimate of drug-likeness (QED) is 0.255. The van der Waals surface area contributed by atoms with E-state index in [0.717, 1.165) is 25.6 Å². The van der Waals surface area contributed by atoms with Crippen LogP contribution in [0.3, 0.4) is 0 Å². The molecule has 0 unspecified atom stereocenters. The van der Waals surface area contributed by atoms with Crippen molar-refractivity contribution in [2.75, 3.05) is 66.0 Å². The molecule has 2 rings (SSSR count). The molecule has 0 radical (unpaired) electrons. The second-order valence-electron chi connectivity index (χ2n) is 7.11. The standard InChI is InChI=1S/C19H37N5O2.HI/c1-3-26-19(25)24-16-14-23(15-17-24)18(20-2)21-10-6-4-7-11-22-12-8-5-9-13-22;/h3-17H2,1-2H3,(H,20,21);1H. The number of nitrogens with zero attached hydrogens (tertiary/aromatic N) is 4. The molecule has 1 amide bonds. The third-order valence-corrected chi connectivity index (χ3v) is 5.20. The first-order valence-corrected chi connectivity index (χ1v) is 10.3. The summed E-state index contributed by atoms with van der Waals surface area (Å²) in [5.74, 6) is 0.949. The number of amides is 1. The molecule has 27 heavy (non-hydrogen) atoms. The molecule has 1 N–H and O–H groups in total. The van der Waals surface area contributed by atoms with E-state index in [1.807, 2.05) is 14.0 Å². The van der Waals surface area contributed by atoms with Gasteiger partial charge in [0, 0.05) is 39.8 Å². The van der Waals surface area contributed by atoms with Gasteiger partial charge in [-0.2, -0.15) is 0 Å². The van der Waals surface area contributed by atoms with Gasteiger partial charge in [0.2, 0.25) is 0 Å². The number of piperazine rings is 1. The van der Waals surface area contributed by atoms with Gasteiger partial charge in [0.05, 0.1) is 6.61 Å². The van der Waals surface area contributed by atoms with Gasteiger partial charge in [-0.15, -0.1) is 24.0 Å². The van der Waals surface area contributed by atoms with E-state index in [-0.39, 0.29) is 30.1 Å². The van der Waals surface area contributed by atoms with Crippen LogP contribution < -0.4 is 5.32 Å². The van der Waals surface area contributed by atoms with E-state index in [9.17, 15) is 4.79 Å². The first-order chi connectivity index (χ1) is 12.7. The maximum Gasteiger partial charge on any atom is 0.409 e. The molecule has 0 aromatic rings. The number of halogens is 1. The van der Waals surface area contributed by atoms with Crippen LogP contribution in [0, 0.1) is 0 Å². The molecule has 2 aliphatic rings. The molecule has 158 valence electrons. The second kappa shape index (κ2) is 14.3. The van der Waals surface area contributed by atoms with Gasteiger partial charge in [0.1, 0.15) is 0 Å². The summed E-state index contributed by atoms with van der Waals surface area (Å²) in [6, 6.07) is 0. The molecule has 2 fully saturated rings. The van der Waals surface area contributed by atoms with Gasteiger partial charge in [-0.25, -0.2) is 4.79 Å². The molecular weight excluding hydrogens is 457 g/mol. The highest BCUT2D eigenvalue weighted by Crippen LogP contribution is 2.10. The van der Waals surface area contributed by atoms with Crippen molar-refractivity contribution in [3.63, 3.8) is 0 Å². The lowest BCUT2D eigenvalue weighted by molar-refractivity contribution is 0.0914. The Kier molecular flexibility index (Phi) is 12.8. The second-order valence-corrected chi connectivity index (χ2v) is 7.11. The number of unbranched alkanes of at least 4 members (excludes halogenated alkanes) is 2. The minimum absolute atomic E-state index is 0. The maximum atomic E-state index is 11.8. The summed E-state index contributed by atoms with van der Waals surface area (Å²) in [5.41, 5.74) is 0. The molecule has 0 atom stereocenters. The van der Waals surface area contributed by atoms with E-state index >= 15 is 0 Å². The average molecular weight is 495 g/mol. The third kappa shape index (κ3) is 8.85. The first kappa shape index (κ1) is 24.3. The third-order valence-electron chi connectivity index (χ3n) is 5.20. The van der Waals surface area contributed by atoms with Gasteiger partial charge in [-0.1, -0.05) is 12.8 Å². The Morgan fingerprint density at radius 3 is 2.26 bits per heavy atom. The van der Waals surface area contributed by atoms with Crippen LogP contribution in [0.25, 0.3) is 0 Å². The lowest BCUT2D eigenvalue weighted by atomic mass is 10.1. The van der Waals surface area contributed by atoms with Crippen molar-refractivity contribution in [3.8, 4) is 0 Å².